The molecule has 3 rings (SSSR count). The van der Waals surface area contributed by atoms with Crippen LogP contribution in [-0.4, -0.2) is 42.6 Å². The van der Waals surface area contributed by atoms with Crippen LogP contribution in [0, 0.1) is 10.1 Å². The molecule has 0 bridgehead atoms. The van der Waals surface area contributed by atoms with Crippen LogP contribution in [0.5, 0.6) is 5.75 Å². The lowest BCUT2D eigenvalue weighted by atomic mass is 9.89. The van der Waals surface area contributed by atoms with Gasteiger partial charge in [-0.05, 0) is 48.3 Å². The number of nitrogens with zero attached hydrogens (tertiary/aromatic N) is 2. The second-order valence-electron chi connectivity index (χ2n) is 6.73. The molecule has 27 heavy (non-hydrogen) atoms. The molecular formula is C21H27N3O3. The zero-order valence-electron chi connectivity index (χ0n) is 16.0. The number of fused-ring (bicyclic) bond motifs is 1. The summed E-state index contributed by atoms with van der Waals surface area (Å²) in [5.41, 5.74) is 3.45. The van der Waals surface area contributed by atoms with Crippen molar-refractivity contribution in [3.8, 4) is 5.75 Å². The van der Waals surface area contributed by atoms with Crippen molar-refractivity contribution in [2.24, 2.45) is 0 Å². The van der Waals surface area contributed by atoms with Crippen LogP contribution >= 0.6 is 0 Å². The lowest BCUT2D eigenvalue weighted by Crippen LogP contribution is -2.30. The predicted molar refractivity (Wildman–Crippen MR) is 106 cm³/mol. The molecule has 2 aromatic carbocycles. The Hall–Kier alpha value is -2.44. The Labute approximate surface area is 160 Å². The summed E-state index contributed by atoms with van der Waals surface area (Å²) in [4.78, 5) is 13.1. The van der Waals surface area contributed by atoms with Crippen molar-refractivity contribution >= 4 is 5.69 Å². The van der Waals surface area contributed by atoms with E-state index in [2.05, 4.69) is 36.2 Å². The zero-order chi connectivity index (χ0) is 19.2. The number of non-ortho nitro benzene ring substituents is 1. The van der Waals surface area contributed by atoms with Crippen molar-refractivity contribution in [3.05, 3.63) is 69.3 Å². The zero-order valence-corrected chi connectivity index (χ0v) is 16.0. The average Bonchev–Trinajstić information content (AvgIpc) is 2.70. The van der Waals surface area contributed by atoms with Crippen LogP contribution in [0.25, 0.3) is 0 Å². The highest BCUT2D eigenvalue weighted by atomic mass is 16.6. The molecule has 0 fully saturated rings. The van der Waals surface area contributed by atoms with Gasteiger partial charge in [0.1, 0.15) is 12.4 Å². The number of hydrogen-bond donors (Lipinski definition) is 1. The number of nitro groups is 1. The summed E-state index contributed by atoms with van der Waals surface area (Å²) in [6, 6.07) is 13.0. The van der Waals surface area contributed by atoms with Gasteiger partial charge in [-0.3, -0.25) is 10.1 Å². The average molecular weight is 369 g/mol. The summed E-state index contributed by atoms with van der Waals surface area (Å²) in [7, 11) is 0. The molecule has 0 saturated heterocycles. The van der Waals surface area contributed by atoms with E-state index in [-0.39, 0.29) is 16.7 Å². The summed E-state index contributed by atoms with van der Waals surface area (Å²) < 4.78 is 5.95. The summed E-state index contributed by atoms with van der Waals surface area (Å²) in [5.74, 6) is 0.889. The van der Waals surface area contributed by atoms with Gasteiger partial charge < -0.3 is 15.0 Å². The topological polar surface area (TPSA) is 67.6 Å². The van der Waals surface area contributed by atoms with Gasteiger partial charge in [-0.25, -0.2) is 0 Å². The molecule has 1 heterocycles. The second-order valence-corrected chi connectivity index (χ2v) is 6.73. The minimum absolute atomic E-state index is 0.0293. The van der Waals surface area contributed by atoms with Crippen LogP contribution in [0.2, 0.25) is 0 Å². The van der Waals surface area contributed by atoms with Crippen LogP contribution in [0.4, 0.5) is 5.69 Å². The molecule has 6 nitrogen and oxygen atoms in total. The number of nitro benzene ring substituents is 1. The van der Waals surface area contributed by atoms with Crippen LogP contribution in [0.15, 0.2) is 42.5 Å². The quantitative estimate of drug-likeness (QED) is 0.569. The smallest absolute Gasteiger partial charge is 0.269 e. The van der Waals surface area contributed by atoms with E-state index in [1.165, 1.54) is 11.6 Å². The van der Waals surface area contributed by atoms with Crippen LogP contribution in [-0.2, 0) is 6.42 Å². The van der Waals surface area contributed by atoms with Crippen molar-refractivity contribution in [1.82, 2.24) is 10.2 Å². The lowest BCUT2D eigenvalue weighted by Gasteiger charge is -2.28. The first-order chi connectivity index (χ1) is 13.1. The molecule has 0 spiro atoms. The number of nitrogens with one attached hydrogen (secondary N) is 1. The maximum absolute atomic E-state index is 11.1. The molecule has 0 saturated carbocycles. The van der Waals surface area contributed by atoms with E-state index in [4.69, 9.17) is 4.74 Å². The minimum Gasteiger partial charge on any atom is -0.492 e. The third kappa shape index (κ3) is 4.64. The van der Waals surface area contributed by atoms with Crippen LogP contribution in [0.1, 0.15) is 36.6 Å². The van der Waals surface area contributed by atoms with E-state index in [0.717, 1.165) is 49.5 Å². The lowest BCUT2D eigenvalue weighted by molar-refractivity contribution is -0.384. The Morgan fingerprint density at radius 3 is 2.78 bits per heavy atom. The van der Waals surface area contributed by atoms with Gasteiger partial charge in [0.05, 0.1) is 11.0 Å². The fourth-order valence-corrected chi connectivity index (χ4v) is 3.58. The van der Waals surface area contributed by atoms with E-state index < -0.39 is 0 Å². The molecule has 144 valence electrons. The molecule has 0 radical (unpaired) electrons. The maximum Gasteiger partial charge on any atom is 0.269 e. The van der Waals surface area contributed by atoms with Gasteiger partial charge in [0.25, 0.3) is 5.69 Å². The molecule has 0 aliphatic carbocycles. The van der Waals surface area contributed by atoms with E-state index in [1.54, 1.807) is 12.1 Å². The summed E-state index contributed by atoms with van der Waals surface area (Å²) >= 11 is 0. The first-order valence-electron chi connectivity index (χ1n) is 9.58. The van der Waals surface area contributed by atoms with Crippen LogP contribution < -0.4 is 10.1 Å². The number of benzene rings is 2. The van der Waals surface area contributed by atoms with E-state index in [9.17, 15) is 10.1 Å². The summed E-state index contributed by atoms with van der Waals surface area (Å²) in [6.07, 6.45) is 0.925. The van der Waals surface area contributed by atoms with Crippen molar-refractivity contribution in [1.29, 1.82) is 0 Å². The molecular weight excluding hydrogens is 342 g/mol. The molecule has 6 heteroatoms. The van der Waals surface area contributed by atoms with Gasteiger partial charge in [-0.15, -0.1) is 0 Å². The highest BCUT2D eigenvalue weighted by Gasteiger charge is 2.23. The first-order valence-corrected chi connectivity index (χ1v) is 9.58. The van der Waals surface area contributed by atoms with Gasteiger partial charge >= 0.3 is 0 Å². The van der Waals surface area contributed by atoms with E-state index in [0.29, 0.717) is 6.61 Å². The first kappa shape index (κ1) is 19.3. The third-order valence-electron chi connectivity index (χ3n) is 5.15. The molecule has 1 aliphatic heterocycles. The van der Waals surface area contributed by atoms with Gasteiger partial charge in [0, 0.05) is 25.2 Å². The Kier molecular flexibility index (Phi) is 6.42. The number of likely N-dealkylation sites (N-methyl/N-ethyl adjacent to an activating group) is 1. The van der Waals surface area contributed by atoms with Gasteiger partial charge in [-0.2, -0.15) is 0 Å². The Morgan fingerprint density at radius 1 is 1.22 bits per heavy atom. The number of ether oxygens (including phenoxy) is 1. The van der Waals surface area contributed by atoms with E-state index in [1.807, 2.05) is 12.1 Å². The van der Waals surface area contributed by atoms with E-state index >= 15 is 0 Å². The van der Waals surface area contributed by atoms with Crippen LogP contribution in [0.3, 0.4) is 0 Å². The Bertz CT molecular complexity index is 790. The highest BCUT2D eigenvalue weighted by Crippen LogP contribution is 2.32. The molecule has 0 amide bonds. The monoisotopic (exact) mass is 369 g/mol. The minimum atomic E-state index is -0.347. The Balaban J connectivity index is 1.75. The van der Waals surface area contributed by atoms with Gasteiger partial charge in [0.2, 0.25) is 0 Å². The SMILES string of the molecule is CCN(CC)CCOc1ccc2c(c1)CCNC2c1cccc([N+](=O)[O-])c1. The highest BCUT2D eigenvalue weighted by molar-refractivity contribution is 5.46. The molecule has 1 N–H and O–H groups in total. The summed E-state index contributed by atoms with van der Waals surface area (Å²) in [5, 5.41) is 14.6. The molecule has 2 aromatic rings. The van der Waals surface area contributed by atoms with Crippen molar-refractivity contribution < 1.29 is 9.66 Å². The maximum atomic E-state index is 11.1. The van der Waals surface area contributed by atoms with Gasteiger partial charge in [-0.1, -0.05) is 32.0 Å². The van der Waals surface area contributed by atoms with Crippen molar-refractivity contribution in [3.63, 3.8) is 0 Å². The second kappa shape index (κ2) is 8.97. The predicted octanol–water partition coefficient (Wildman–Crippen LogP) is 3.55. The molecule has 1 atom stereocenters. The molecule has 1 unspecified atom stereocenters. The van der Waals surface area contributed by atoms with Crippen molar-refractivity contribution in [2.75, 3.05) is 32.8 Å². The largest absolute Gasteiger partial charge is 0.492 e. The normalized spacial score (nSPS) is 16.2. The fraction of sp³-hybridized carbons (Fsp3) is 0.429. The summed E-state index contributed by atoms with van der Waals surface area (Å²) in [6.45, 7) is 8.80. The number of rotatable bonds is 8. The van der Waals surface area contributed by atoms with Gasteiger partial charge in [0.15, 0.2) is 0 Å². The molecule has 0 aromatic heterocycles. The van der Waals surface area contributed by atoms with Crippen molar-refractivity contribution in [2.45, 2.75) is 26.3 Å². The fourth-order valence-electron chi connectivity index (χ4n) is 3.58. The number of hydrogen-bond acceptors (Lipinski definition) is 5. The Morgan fingerprint density at radius 2 is 2.04 bits per heavy atom. The molecule has 1 aliphatic rings. The third-order valence-corrected chi connectivity index (χ3v) is 5.15. The standard InChI is InChI=1S/C21H27N3O3/c1-3-23(4-2)12-13-27-19-8-9-20-16(15-19)10-11-22-21(20)17-6-5-7-18(14-17)24(25)26/h5-9,14-15,21-22H,3-4,10-13H2,1-2H3.